The van der Waals surface area contributed by atoms with Gasteiger partial charge in [-0.2, -0.15) is 0 Å². The Morgan fingerprint density at radius 2 is 1.97 bits per heavy atom. The number of aliphatic carboxylic acids is 1. The van der Waals surface area contributed by atoms with Gasteiger partial charge >= 0.3 is 5.97 Å². The van der Waals surface area contributed by atoms with Gasteiger partial charge in [-0.25, -0.2) is 0 Å². The summed E-state index contributed by atoms with van der Waals surface area (Å²) in [6.07, 6.45) is -0.165. The number of carbonyl (C=O) groups excluding carboxylic acids is 3. The molecule has 3 amide bonds. The second kappa shape index (κ2) is 8.80. The van der Waals surface area contributed by atoms with Gasteiger partial charge < -0.3 is 30.1 Å². The summed E-state index contributed by atoms with van der Waals surface area (Å²) in [4.78, 5) is 48.9. The molecule has 0 aromatic heterocycles. The van der Waals surface area contributed by atoms with Crippen LogP contribution in [0.5, 0.6) is 11.5 Å². The van der Waals surface area contributed by atoms with Crippen LogP contribution < -0.4 is 25.0 Å². The topological polar surface area (TPSA) is 134 Å². The van der Waals surface area contributed by atoms with Crippen molar-refractivity contribution in [2.75, 3.05) is 31.2 Å². The molecule has 0 bridgehead atoms. The molecule has 1 aromatic rings. The Morgan fingerprint density at radius 1 is 1.24 bits per heavy atom. The molecule has 1 saturated heterocycles. The first kappa shape index (κ1) is 20.4. The average molecular weight is 405 g/mol. The molecule has 0 spiro atoms. The third-order valence-electron chi connectivity index (χ3n) is 4.72. The van der Waals surface area contributed by atoms with Gasteiger partial charge in [0.25, 0.3) is 0 Å². The molecule has 1 aromatic carbocycles. The highest BCUT2D eigenvalue weighted by Gasteiger charge is 2.36. The van der Waals surface area contributed by atoms with E-state index in [2.05, 4.69) is 10.6 Å². The molecule has 1 fully saturated rings. The molecule has 0 radical (unpaired) electrons. The van der Waals surface area contributed by atoms with Crippen LogP contribution in [0.4, 0.5) is 5.69 Å². The monoisotopic (exact) mass is 405 g/mol. The zero-order valence-corrected chi connectivity index (χ0v) is 16.0. The molecular formula is C19H23N3O7. The Labute approximate surface area is 167 Å². The number of amides is 3. The molecule has 2 atom stereocenters. The highest BCUT2D eigenvalue weighted by atomic mass is 16.6. The molecule has 10 nitrogen and oxygen atoms in total. The summed E-state index contributed by atoms with van der Waals surface area (Å²) in [6.45, 7) is 2.58. The maximum atomic E-state index is 12.5. The van der Waals surface area contributed by atoms with Gasteiger partial charge in [-0.05, 0) is 19.1 Å². The number of hydrogen-bond acceptors (Lipinski definition) is 6. The lowest BCUT2D eigenvalue weighted by atomic mass is 10.1. The second-order valence-electron chi connectivity index (χ2n) is 6.90. The van der Waals surface area contributed by atoms with E-state index in [0.717, 1.165) is 0 Å². The predicted molar refractivity (Wildman–Crippen MR) is 101 cm³/mol. The van der Waals surface area contributed by atoms with Crippen molar-refractivity contribution >= 4 is 29.4 Å². The van der Waals surface area contributed by atoms with Crippen LogP contribution in [0.15, 0.2) is 18.2 Å². The van der Waals surface area contributed by atoms with Crippen LogP contribution in [0.1, 0.15) is 19.8 Å². The maximum Gasteiger partial charge on any atom is 0.305 e. The molecular weight excluding hydrogens is 382 g/mol. The molecule has 29 heavy (non-hydrogen) atoms. The number of nitrogens with one attached hydrogen (secondary N) is 2. The van der Waals surface area contributed by atoms with E-state index < -0.39 is 29.7 Å². The van der Waals surface area contributed by atoms with E-state index in [1.807, 2.05) is 0 Å². The van der Waals surface area contributed by atoms with E-state index in [0.29, 0.717) is 30.4 Å². The first-order chi connectivity index (χ1) is 13.8. The smallest absolute Gasteiger partial charge is 0.305 e. The number of rotatable bonds is 7. The summed E-state index contributed by atoms with van der Waals surface area (Å²) in [5.74, 6) is -1.52. The molecule has 2 aliphatic rings. The van der Waals surface area contributed by atoms with E-state index in [9.17, 15) is 19.2 Å². The minimum Gasteiger partial charge on any atom is -0.486 e. The van der Waals surface area contributed by atoms with Gasteiger partial charge in [-0.3, -0.25) is 19.2 Å². The Kier molecular flexibility index (Phi) is 6.20. The fourth-order valence-electron chi connectivity index (χ4n) is 3.18. The minimum atomic E-state index is -1.02. The Hall–Kier alpha value is -3.30. The van der Waals surface area contributed by atoms with Crippen molar-refractivity contribution in [2.24, 2.45) is 5.92 Å². The van der Waals surface area contributed by atoms with Gasteiger partial charge in [0.1, 0.15) is 19.3 Å². The van der Waals surface area contributed by atoms with E-state index in [-0.39, 0.29) is 31.8 Å². The largest absolute Gasteiger partial charge is 0.486 e. The number of fused-ring (bicyclic) bond motifs is 1. The maximum absolute atomic E-state index is 12.5. The molecule has 3 rings (SSSR count). The molecule has 10 heteroatoms. The summed E-state index contributed by atoms with van der Waals surface area (Å²) in [6, 6.07) is 4.35. The number of hydrogen-bond donors (Lipinski definition) is 3. The third-order valence-corrected chi connectivity index (χ3v) is 4.72. The van der Waals surface area contributed by atoms with Crippen LogP contribution in [-0.2, 0) is 19.2 Å². The van der Waals surface area contributed by atoms with Crippen molar-refractivity contribution in [3.63, 3.8) is 0 Å². The van der Waals surface area contributed by atoms with Gasteiger partial charge in [-0.15, -0.1) is 0 Å². The summed E-state index contributed by atoms with van der Waals surface area (Å²) < 4.78 is 11.0. The predicted octanol–water partition coefficient (Wildman–Crippen LogP) is -0.0937. The number of anilines is 1. The van der Waals surface area contributed by atoms with Crippen molar-refractivity contribution in [3.05, 3.63) is 18.2 Å². The SMILES string of the molecule is C[C@H](NC(=O)[C@@H]1CC(=O)N(c2ccc3c(c2)OCCO3)C1)C(=O)NCCC(=O)O. The van der Waals surface area contributed by atoms with Gasteiger partial charge in [0.15, 0.2) is 11.5 Å². The number of carboxylic acids is 1. The Balaban J connectivity index is 1.56. The Morgan fingerprint density at radius 3 is 2.69 bits per heavy atom. The van der Waals surface area contributed by atoms with Gasteiger partial charge in [0, 0.05) is 31.3 Å². The van der Waals surface area contributed by atoms with Crippen LogP contribution in [-0.4, -0.2) is 61.1 Å². The fourth-order valence-corrected chi connectivity index (χ4v) is 3.18. The normalized spacial score (nSPS) is 18.9. The minimum absolute atomic E-state index is 0.0197. The first-order valence-electron chi connectivity index (χ1n) is 9.35. The average Bonchev–Trinajstić information content (AvgIpc) is 3.09. The van der Waals surface area contributed by atoms with Crippen LogP contribution in [0.25, 0.3) is 0 Å². The van der Waals surface area contributed by atoms with E-state index in [1.54, 1.807) is 18.2 Å². The summed E-state index contributed by atoms with van der Waals surface area (Å²) in [5.41, 5.74) is 0.619. The Bertz CT molecular complexity index is 826. The van der Waals surface area contributed by atoms with Crippen molar-refractivity contribution in [1.82, 2.24) is 10.6 Å². The lowest BCUT2D eigenvalue weighted by Gasteiger charge is -2.22. The highest BCUT2D eigenvalue weighted by Crippen LogP contribution is 2.35. The van der Waals surface area contributed by atoms with E-state index in [1.165, 1.54) is 11.8 Å². The summed E-state index contributed by atoms with van der Waals surface area (Å²) in [5, 5.41) is 13.6. The number of benzene rings is 1. The molecule has 2 aliphatic heterocycles. The van der Waals surface area contributed by atoms with Crippen molar-refractivity contribution in [3.8, 4) is 11.5 Å². The van der Waals surface area contributed by atoms with E-state index in [4.69, 9.17) is 14.6 Å². The van der Waals surface area contributed by atoms with Crippen molar-refractivity contribution in [2.45, 2.75) is 25.8 Å². The zero-order chi connectivity index (χ0) is 21.0. The van der Waals surface area contributed by atoms with Crippen LogP contribution in [0, 0.1) is 5.92 Å². The van der Waals surface area contributed by atoms with Gasteiger partial charge in [0.2, 0.25) is 17.7 Å². The lowest BCUT2D eigenvalue weighted by molar-refractivity contribution is -0.137. The molecule has 0 unspecified atom stereocenters. The zero-order valence-electron chi connectivity index (χ0n) is 16.0. The molecule has 0 aliphatic carbocycles. The number of ether oxygens (including phenoxy) is 2. The molecule has 156 valence electrons. The summed E-state index contributed by atoms with van der Waals surface area (Å²) in [7, 11) is 0. The van der Waals surface area contributed by atoms with E-state index >= 15 is 0 Å². The van der Waals surface area contributed by atoms with Crippen LogP contribution in [0.3, 0.4) is 0 Å². The quantitative estimate of drug-likeness (QED) is 0.577. The van der Waals surface area contributed by atoms with Crippen molar-refractivity contribution in [1.29, 1.82) is 0 Å². The number of carboxylic acid groups (broad SMARTS) is 1. The van der Waals surface area contributed by atoms with Crippen LogP contribution in [0.2, 0.25) is 0 Å². The number of nitrogens with zero attached hydrogens (tertiary/aromatic N) is 1. The number of carbonyl (C=O) groups is 4. The van der Waals surface area contributed by atoms with Gasteiger partial charge in [0.05, 0.1) is 12.3 Å². The highest BCUT2D eigenvalue weighted by molar-refractivity contribution is 6.01. The lowest BCUT2D eigenvalue weighted by Crippen LogP contribution is -2.47. The fraction of sp³-hybridized carbons (Fsp3) is 0.474. The first-order valence-corrected chi connectivity index (χ1v) is 9.35. The third kappa shape index (κ3) is 4.95. The standard InChI is InChI=1S/C19H23N3O7/c1-11(18(26)20-5-4-17(24)25)21-19(27)12-8-16(23)22(10-12)13-2-3-14-15(9-13)29-7-6-28-14/h2-3,9,11-12H,4-8,10H2,1H3,(H,20,26)(H,21,27)(H,24,25)/t11-,12+/m0/s1. The molecule has 3 N–H and O–H groups in total. The van der Waals surface area contributed by atoms with Gasteiger partial charge in [-0.1, -0.05) is 0 Å². The van der Waals surface area contributed by atoms with Crippen molar-refractivity contribution < 1.29 is 33.8 Å². The molecule has 0 saturated carbocycles. The van der Waals surface area contributed by atoms with Crippen LogP contribution >= 0.6 is 0 Å². The summed E-state index contributed by atoms with van der Waals surface area (Å²) >= 11 is 0. The second-order valence-corrected chi connectivity index (χ2v) is 6.90. The molecule has 2 heterocycles.